The molecule has 0 heterocycles. The molecule has 0 saturated heterocycles. The first kappa shape index (κ1) is 13.1. The van der Waals surface area contributed by atoms with Crippen molar-refractivity contribution in [3.63, 3.8) is 0 Å². The second-order valence-electron chi connectivity index (χ2n) is 3.11. The van der Waals surface area contributed by atoms with Crippen molar-refractivity contribution in [2.24, 2.45) is 0 Å². The fourth-order valence-corrected chi connectivity index (χ4v) is 0.412. The molecular weight excluding hydrogens is 152 g/mol. The van der Waals surface area contributed by atoms with E-state index in [2.05, 4.69) is 27.7 Å². The lowest BCUT2D eigenvalue weighted by Crippen LogP contribution is -2.33. The number of quaternary nitrogens is 1. The van der Waals surface area contributed by atoms with E-state index >= 15 is 0 Å². The highest BCUT2D eigenvalue weighted by atomic mass is 15.3. The fraction of sp³-hybridized carbons (Fsp3) is 0.500. The molecule has 0 aliphatic heterocycles. The van der Waals surface area contributed by atoms with Crippen molar-refractivity contribution in [3.8, 4) is 12.4 Å². The van der Waals surface area contributed by atoms with Gasteiger partial charge in [0.15, 0.2) is 12.4 Å². The van der Waals surface area contributed by atoms with Crippen LogP contribution >= 0.6 is 0 Å². The van der Waals surface area contributed by atoms with Crippen LogP contribution in [0.1, 0.15) is 0 Å². The first-order valence-electron chi connectivity index (χ1n) is 3.42. The minimum atomic E-state index is 0.976. The van der Waals surface area contributed by atoms with Gasteiger partial charge >= 0.3 is 0 Å². The molecule has 0 bridgehead atoms. The molecule has 0 spiro atoms. The van der Waals surface area contributed by atoms with Gasteiger partial charge in [-0.3, -0.25) is 0 Å². The molecule has 0 amide bonds. The topological polar surface area (TPSA) is 59.6 Å². The molecule has 0 unspecified atom stereocenters. The largest absolute Gasteiger partial charge is 0.328 e. The minimum absolute atomic E-state index is 0.976. The Bertz CT molecular complexity index is 177. The molecule has 12 heavy (non-hydrogen) atoms. The minimum Gasteiger partial charge on any atom is -0.328 e. The Morgan fingerprint density at radius 1 is 1.33 bits per heavy atom. The van der Waals surface area contributed by atoms with Gasteiger partial charge in [-0.2, -0.15) is 10.5 Å². The lowest BCUT2D eigenvalue weighted by Gasteiger charge is -2.21. The fourth-order valence-electron chi connectivity index (χ4n) is 0.412. The van der Waals surface area contributed by atoms with E-state index in [1.807, 2.05) is 6.08 Å². The molecule has 0 rings (SSSR count). The molecule has 0 aliphatic carbocycles. The van der Waals surface area contributed by atoms with Gasteiger partial charge in [-0.15, -0.1) is 0 Å². The summed E-state index contributed by atoms with van der Waals surface area (Å²) in [6.07, 6.45) is 4.74. The normalized spacial score (nSPS) is 8.08. The summed E-state index contributed by atoms with van der Waals surface area (Å²) in [5, 5.41) is 16.7. The zero-order chi connectivity index (χ0) is 10.0. The predicted octanol–water partition coefficient (Wildman–Crippen LogP) is 0.417. The highest BCUT2D eigenvalue weighted by Gasteiger charge is 1.99. The van der Waals surface area contributed by atoms with Crippen LogP contribution in [0.5, 0.6) is 0 Å². The van der Waals surface area contributed by atoms with Crippen molar-refractivity contribution in [1.29, 1.82) is 10.5 Å². The summed E-state index contributed by atoms with van der Waals surface area (Å²) in [5.74, 6) is 0. The summed E-state index contributed by atoms with van der Waals surface area (Å²) in [5.41, 5.74) is 0. The van der Waals surface area contributed by atoms with Gasteiger partial charge in [0.1, 0.15) is 0 Å². The molecule has 0 fully saturated rings. The first-order chi connectivity index (χ1) is 5.47. The van der Waals surface area contributed by atoms with E-state index < -0.39 is 0 Å². The Morgan fingerprint density at radius 3 is 1.75 bits per heavy atom. The van der Waals surface area contributed by atoms with Crippen LogP contribution in [-0.2, 0) is 0 Å². The third kappa shape index (κ3) is 23.6. The lowest BCUT2D eigenvalue weighted by molar-refractivity contribution is -0.864. The van der Waals surface area contributed by atoms with Crippen LogP contribution in [-0.4, -0.2) is 32.2 Å². The van der Waals surface area contributed by atoms with Gasteiger partial charge in [0.25, 0.3) is 0 Å². The SMILES string of the molecule is C=CC[N+](C)(C)C.N#CNC#N. The van der Waals surface area contributed by atoms with E-state index in [0.29, 0.717) is 0 Å². The van der Waals surface area contributed by atoms with Gasteiger partial charge in [-0.25, -0.2) is 5.32 Å². The number of nitriles is 2. The van der Waals surface area contributed by atoms with E-state index in [9.17, 15) is 0 Å². The van der Waals surface area contributed by atoms with E-state index in [4.69, 9.17) is 10.5 Å². The monoisotopic (exact) mass is 167 g/mol. The number of nitrogens with zero attached hydrogens (tertiary/aromatic N) is 3. The average Bonchev–Trinajstić information content (AvgIpc) is 1.87. The van der Waals surface area contributed by atoms with Crippen LogP contribution in [0.4, 0.5) is 0 Å². The van der Waals surface area contributed by atoms with E-state index in [1.165, 1.54) is 12.4 Å². The van der Waals surface area contributed by atoms with Crippen molar-refractivity contribution < 1.29 is 4.48 Å². The first-order valence-corrected chi connectivity index (χ1v) is 3.42. The Kier molecular flexibility index (Phi) is 8.28. The van der Waals surface area contributed by atoms with Crippen molar-refractivity contribution in [1.82, 2.24) is 5.32 Å². The smallest absolute Gasteiger partial charge is 0.190 e. The van der Waals surface area contributed by atoms with E-state index in [-0.39, 0.29) is 0 Å². The second-order valence-corrected chi connectivity index (χ2v) is 3.11. The Labute approximate surface area is 73.9 Å². The second kappa shape index (κ2) is 7.59. The lowest BCUT2D eigenvalue weighted by atomic mass is 10.5. The van der Waals surface area contributed by atoms with Gasteiger partial charge in [0, 0.05) is 0 Å². The highest BCUT2D eigenvalue weighted by molar-refractivity contribution is 4.77. The number of hydrogen-bond acceptors (Lipinski definition) is 3. The third-order valence-corrected chi connectivity index (χ3v) is 0.789. The summed E-state index contributed by atoms with van der Waals surface area (Å²) < 4.78 is 0.976. The predicted molar refractivity (Wildman–Crippen MR) is 47.5 cm³/mol. The summed E-state index contributed by atoms with van der Waals surface area (Å²) in [6.45, 7) is 4.67. The van der Waals surface area contributed by atoms with Gasteiger partial charge in [-0.05, 0) is 6.08 Å². The summed E-state index contributed by atoms with van der Waals surface area (Å²) in [6, 6.07) is 0. The molecule has 0 radical (unpaired) electrons. The molecule has 0 saturated carbocycles. The molecule has 1 N–H and O–H groups in total. The molecule has 0 atom stereocenters. The van der Waals surface area contributed by atoms with Gasteiger partial charge in [-0.1, -0.05) is 6.58 Å². The molecule has 0 aliphatic rings. The summed E-state index contributed by atoms with van der Waals surface area (Å²) in [4.78, 5) is 0. The summed E-state index contributed by atoms with van der Waals surface area (Å²) >= 11 is 0. The number of hydrogen-bond donors (Lipinski definition) is 1. The van der Waals surface area contributed by atoms with Crippen LogP contribution in [0.15, 0.2) is 12.7 Å². The molecule has 0 aromatic heterocycles. The van der Waals surface area contributed by atoms with Crippen LogP contribution in [0.2, 0.25) is 0 Å². The van der Waals surface area contributed by atoms with Gasteiger partial charge in [0.2, 0.25) is 0 Å². The van der Waals surface area contributed by atoms with Crippen LogP contribution in [0, 0.1) is 22.9 Å². The average molecular weight is 167 g/mol. The zero-order valence-electron chi connectivity index (χ0n) is 7.83. The Hall–Kier alpha value is -1.52. The van der Waals surface area contributed by atoms with E-state index in [0.717, 1.165) is 11.0 Å². The summed E-state index contributed by atoms with van der Waals surface area (Å²) in [7, 11) is 6.42. The Morgan fingerprint density at radius 2 is 1.75 bits per heavy atom. The molecule has 0 aromatic rings. The van der Waals surface area contributed by atoms with Crippen LogP contribution < -0.4 is 5.32 Å². The highest BCUT2D eigenvalue weighted by Crippen LogP contribution is 1.86. The molecule has 4 nitrogen and oxygen atoms in total. The maximum Gasteiger partial charge on any atom is 0.190 e. The molecule has 0 aromatic carbocycles. The quantitative estimate of drug-likeness (QED) is 0.280. The van der Waals surface area contributed by atoms with Crippen LogP contribution in [0.3, 0.4) is 0 Å². The maximum absolute atomic E-state index is 7.48. The standard InChI is InChI=1S/C6H14N.C2HN3/c1-5-6-7(2,3)4;3-1-5-2-4/h5H,1,6H2,2-4H3;5H/q+1;. The number of likely N-dealkylation sites (N-methyl/N-ethyl adjacent to an activating group) is 1. The third-order valence-electron chi connectivity index (χ3n) is 0.789. The molecular formula is C8H15N4+. The Balaban J connectivity index is 0. The van der Waals surface area contributed by atoms with Crippen LogP contribution in [0.25, 0.3) is 0 Å². The van der Waals surface area contributed by atoms with E-state index in [1.54, 1.807) is 5.32 Å². The number of rotatable bonds is 2. The maximum atomic E-state index is 7.48. The zero-order valence-corrected chi connectivity index (χ0v) is 7.83. The van der Waals surface area contributed by atoms with Gasteiger partial charge in [0.05, 0.1) is 27.7 Å². The molecule has 4 heteroatoms. The van der Waals surface area contributed by atoms with Crippen molar-refractivity contribution >= 4 is 0 Å². The van der Waals surface area contributed by atoms with Gasteiger partial charge < -0.3 is 4.48 Å². The van der Waals surface area contributed by atoms with Crippen molar-refractivity contribution in [2.45, 2.75) is 0 Å². The van der Waals surface area contributed by atoms with Crippen molar-refractivity contribution in [3.05, 3.63) is 12.7 Å². The van der Waals surface area contributed by atoms with Crippen molar-refractivity contribution in [2.75, 3.05) is 27.7 Å². The molecule has 66 valence electrons. The number of nitrogens with one attached hydrogen (secondary N) is 1.